The molecule has 1 aromatic rings. The molecule has 0 radical (unpaired) electrons. The maximum atomic E-state index is 12.9. The lowest BCUT2D eigenvalue weighted by Gasteiger charge is -2.32. The van der Waals surface area contributed by atoms with Gasteiger partial charge in [-0.15, -0.1) is 0 Å². The zero-order chi connectivity index (χ0) is 18.1. The first kappa shape index (κ1) is 17.6. The molecule has 4 rings (SSSR count). The van der Waals surface area contributed by atoms with E-state index in [0.29, 0.717) is 23.4 Å². The molecule has 3 aliphatic rings. The summed E-state index contributed by atoms with van der Waals surface area (Å²) in [7, 11) is 0. The molecule has 3 heterocycles. The third-order valence-electron chi connectivity index (χ3n) is 6.48. The van der Waals surface area contributed by atoms with Gasteiger partial charge < -0.3 is 9.80 Å². The van der Waals surface area contributed by atoms with E-state index in [4.69, 9.17) is 0 Å². The molecule has 0 spiro atoms. The number of fused-ring (bicyclic) bond motifs is 1. The van der Waals surface area contributed by atoms with Crippen LogP contribution in [-0.2, 0) is 17.6 Å². The molecule has 2 saturated heterocycles. The van der Waals surface area contributed by atoms with Crippen molar-refractivity contribution in [1.82, 2.24) is 20.0 Å². The van der Waals surface area contributed by atoms with Crippen molar-refractivity contribution in [2.75, 3.05) is 26.2 Å². The van der Waals surface area contributed by atoms with Crippen LogP contribution >= 0.6 is 0 Å². The first-order chi connectivity index (χ1) is 12.6. The van der Waals surface area contributed by atoms with Gasteiger partial charge in [0.15, 0.2) is 5.69 Å². The number of aromatic nitrogens is 2. The Morgan fingerprint density at radius 2 is 2.00 bits per heavy atom. The first-order valence-corrected chi connectivity index (χ1v) is 10.2. The molecule has 0 bridgehead atoms. The summed E-state index contributed by atoms with van der Waals surface area (Å²) in [6.07, 6.45) is 8.03. The molecule has 2 amide bonds. The van der Waals surface area contributed by atoms with Gasteiger partial charge in [-0.2, -0.15) is 5.10 Å². The predicted octanol–water partition coefficient (Wildman–Crippen LogP) is 2.40. The molecular formula is C20H30N4O2. The average molecular weight is 358 g/mol. The second-order valence-corrected chi connectivity index (χ2v) is 8.39. The smallest absolute Gasteiger partial charge is 0.274 e. The normalized spacial score (nSPS) is 24.2. The zero-order valence-electron chi connectivity index (χ0n) is 15.8. The number of hydrogen-bond donors (Lipinski definition) is 1. The Hall–Kier alpha value is -1.85. The highest BCUT2D eigenvalue weighted by Crippen LogP contribution is 2.28. The van der Waals surface area contributed by atoms with E-state index in [2.05, 4.69) is 17.1 Å². The lowest BCUT2D eigenvalue weighted by molar-refractivity contribution is -0.127. The second-order valence-electron chi connectivity index (χ2n) is 8.39. The SMILES string of the molecule is C[C@H]1CCc2[nH]nc(C(=O)N3CCC(CCN4CCCC4=O)CC3)c2C1. The van der Waals surface area contributed by atoms with Gasteiger partial charge in [0.25, 0.3) is 5.91 Å². The van der Waals surface area contributed by atoms with Crippen LogP contribution in [0.4, 0.5) is 0 Å². The average Bonchev–Trinajstić information content (AvgIpc) is 3.25. The lowest BCUT2D eigenvalue weighted by Crippen LogP contribution is -2.40. The van der Waals surface area contributed by atoms with E-state index in [9.17, 15) is 9.59 Å². The van der Waals surface area contributed by atoms with Crippen LogP contribution in [0.1, 0.15) is 67.2 Å². The Kier molecular flexibility index (Phi) is 5.00. The number of H-pyrrole nitrogens is 1. The monoisotopic (exact) mass is 358 g/mol. The largest absolute Gasteiger partial charge is 0.343 e. The van der Waals surface area contributed by atoms with Gasteiger partial charge in [0, 0.05) is 43.9 Å². The van der Waals surface area contributed by atoms with Gasteiger partial charge in [-0.3, -0.25) is 14.7 Å². The Labute approximate surface area is 155 Å². The molecule has 2 aliphatic heterocycles. The first-order valence-electron chi connectivity index (χ1n) is 10.2. The number of hydrogen-bond acceptors (Lipinski definition) is 3. The minimum atomic E-state index is 0.102. The number of rotatable bonds is 4. The van der Waals surface area contributed by atoms with Crippen molar-refractivity contribution in [3.05, 3.63) is 17.0 Å². The van der Waals surface area contributed by atoms with Crippen LogP contribution in [0, 0.1) is 11.8 Å². The number of aromatic amines is 1. The number of nitrogens with one attached hydrogen (secondary N) is 1. The Morgan fingerprint density at radius 1 is 1.19 bits per heavy atom. The van der Waals surface area contributed by atoms with Gasteiger partial charge in [0.05, 0.1) is 0 Å². The van der Waals surface area contributed by atoms with Crippen molar-refractivity contribution in [1.29, 1.82) is 0 Å². The number of nitrogens with zero attached hydrogens (tertiary/aromatic N) is 3. The number of piperidine rings is 1. The summed E-state index contributed by atoms with van der Waals surface area (Å²) in [4.78, 5) is 28.7. The van der Waals surface area contributed by atoms with E-state index in [0.717, 1.165) is 82.4 Å². The van der Waals surface area contributed by atoms with Crippen LogP contribution < -0.4 is 0 Å². The summed E-state index contributed by atoms with van der Waals surface area (Å²) in [5.41, 5.74) is 2.98. The maximum Gasteiger partial charge on any atom is 0.274 e. The van der Waals surface area contributed by atoms with Crippen LogP contribution in [0.3, 0.4) is 0 Å². The molecule has 1 N–H and O–H groups in total. The lowest BCUT2D eigenvalue weighted by atomic mass is 9.87. The molecule has 1 atom stereocenters. The third-order valence-corrected chi connectivity index (χ3v) is 6.48. The van der Waals surface area contributed by atoms with Crippen LogP contribution in [0.15, 0.2) is 0 Å². The van der Waals surface area contributed by atoms with E-state index in [-0.39, 0.29) is 5.91 Å². The standard InChI is InChI=1S/C20H30N4O2/c1-14-4-5-17-16(13-14)19(22-21-17)20(26)24-11-7-15(8-12-24)6-10-23-9-2-3-18(23)25/h14-15H,2-13H2,1H3,(H,21,22)/t14-/m0/s1. The molecule has 0 aromatic carbocycles. The third kappa shape index (κ3) is 3.51. The van der Waals surface area contributed by atoms with Crippen molar-refractivity contribution >= 4 is 11.8 Å². The molecule has 0 unspecified atom stereocenters. The molecule has 0 saturated carbocycles. The van der Waals surface area contributed by atoms with Crippen molar-refractivity contribution in [3.8, 4) is 0 Å². The Morgan fingerprint density at radius 3 is 2.73 bits per heavy atom. The quantitative estimate of drug-likeness (QED) is 0.898. The number of carbonyl (C=O) groups is 2. The predicted molar refractivity (Wildman–Crippen MR) is 98.8 cm³/mol. The van der Waals surface area contributed by atoms with Gasteiger partial charge in [-0.1, -0.05) is 6.92 Å². The number of carbonyl (C=O) groups excluding carboxylic acids is 2. The van der Waals surface area contributed by atoms with Gasteiger partial charge in [-0.05, 0) is 56.8 Å². The summed E-state index contributed by atoms with van der Waals surface area (Å²) in [6, 6.07) is 0. The topological polar surface area (TPSA) is 69.3 Å². The molecule has 26 heavy (non-hydrogen) atoms. The highest BCUT2D eigenvalue weighted by molar-refractivity contribution is 5.94. The minimum Gasteiger partial charge on any atom is -0.343 e. The van der Waals surface area contributed by atoms with Crippen molar-refractivity contribution in [2.24, 2.45) is 11.8 Å². The minimum absolute atomic E-state index is 0.102. The second kappa shape index (κ2) is 7.41. The fourth-order valence-electron chi connectivity index (χ4n) is 4.70. The number of aryl methyl sites for hydroxylation is 1. The summed E-state index contributed by atoms with van der Waals surface area (Å²) in [5.74, 6) is 1.67. The molecule has 6 nitrogen and oxygen atoms in total. The molecule has 1 aromatic heterocycles. The molecule has 1 aliphatic carbocycles. The summed E-state index contributed by atoms with van der Waals surface area (Å²) in [6.45, 7) is 5.70. The fraction of sp³-hybridized carbons (Fsp3) is 0.750. The highest BCUT2D eigenvalue weighted by atomic mass is 16.2. The van der Waals surface area contributed by atoms with E-state index >= 15 is 0 Å². The summed E-state index contributed by atoms with van der Waals surface area (Å²) in [5, 5.41) is 7.46. The Balaban J connectivity index is 1.30. The summed E-state index contributed by atoms with van der Waals surface area (Å²) < 4.78 is 0. The van der Waals surface area contributed by atoms with Crippen molar-refractivity contribution in [2.45, 2.75) is 58.3 Å². The molecule has 2 fully saturated rings. The maximum absolute atomic E-state index is 12.9. The van der Waals surface area contributed by atoms with Gasteiger partial charge in [0.2, 0.25) is 5.91 Å². The Bertz CT molecular complexity index is 675. The summed E-state index contributed by atoms with van der Waals surface area (Å²) >= 11 is 0. The molecule has 142 valence electrons. The van der Waals surface area contributed by atoms with Crippen molar-refractivity contribution in [3.63, 3.8) is 0 Å². The van der Waals surface area contributed by atoms with Crippen LogP contribution in [0.2, 0.25) is 0 Å². The zero-order valence-corrected chi connectivity index (χ0v) is 15.8. The number of likely N-dealkylation sites (tertiary alicyclic amines) is 2. The van der Waals surface area contributed by atoms with Crippen molar-refractivity contribution < 1.29 is 9.59 Å². The molecular weight excluding hydrogens is 328 g/mol. The number of amides is 2. The fourth-order valence-corrected chi connectivity index (χ4v) is 4.70. The highest BCUT2D eigenvalue weighted by Gasteiger charge is 2.30. The molecule has 6 heteroatoms. The van der Waals surface area contributed by atoms with Gasteiger partial charge in [-0.25, -0.2) is 0 Å². The van der Waals surface area contributed by atoms with E-state index in [1.54, 1.807) is 0 Å². The van der Waals surface area contributed by atoms with Crippen LogP contribution in [0.25, 0.3) is 0 Å². The van der Waals surface area contributed by atoms with Gasteiger partial charge in [0.1, 0.15) is 0 Å². The van der Waals surface area contributed by atoms with E-state index < -0.39 is 0 Å². The van der Waals surface area contributed by atoms with Crippen LogP contribution in [0.5, 0.6) is 0 Å². The van der Waals surface area contributed by atoms with E-state index in [1.165, 1.54) is 6.42 Å². The van der Waals surface area contributed by atoms with Crippen LogP contribution in [-0.4, -0.2) is 58.0 Å². The van der Waals surface area contributed by atoms with E-state index in [1.807, 2.05) is 9.80 Å². The van der Waals surface area contributed by atoms with Gasteiger partial charge >= 0.3 is 0 Å².